The normalized spacial score (nSPS) is 21.1. The van der Waals surface area contributed by atoms with E-state index >= 15 is 0 Å². The molecule has 6 heteroatoms. The van der Waals surface area contributed by atoms with Crippen LogP contribution in [0.4, 0.5) is 0 Å². The van der Waals surface area contributed by atoms with E-state index < -0.39 is 29.7 Å². The minimum absolute atomic E-state index is 0.0222. The van der Waals surface area contributed by atoms with Gasteiger partial charge in [-0.3, -0.25) is 9.59 Å². The molecule has 0 aliphatic heterocycles. The lowest BCUT2D eigenvalue weighted by molar-refractivity contribution is -0.153. The van der Waals surface area contributed by atoms with E-state index in [4.69, 9.17) is 14.6 Å². The summed E-state index contributed by atoms with van der Waals surface area (Å²) < 4.78 is 9.74. The highest BCUT2D eigenvalue weighted by atomic mass is 16.6. The van der Waals surface area contributed by atoms with Crippen molar-refractivity contribution in [3.8, 4) is 0 Å². The Hall–Kier alpha value is -2.11. The Balaban J connectivity index is 2.27. The molecule has 0 aromatic carbocycles. The smallest absolute Gasteiger partial charge is 0.333 e. The van der Waals surface area contributed by atoms with E-state index in [0.717, 1.165) is 0 Å². The van der Waals surface area contributed by atoms with Crippen molar-refractivity contribution in [2.24, 2.45) is 11.8 Å². The molecular weight excluding hydrogens is 264 g/mol. The number of carbonyl (C=O) groups excluding carboxylic acids is 2. The number of carboxylic acid groups (broad SMARTS) is 1. The van der Waals surface area contributed by atoms with Crippen LogP contribution in [-0.2, 0) is 23.9 Å². The lowest BCUT2D eigenvalue weighted by Gasteiger charge is -2.19. The SMILES string of the molecule is C=C(C)C(=O)OCCOC(=O)C1C=CC(C(=O)O)CC1. The highest BCUT2D eigenvalue weighted by Gasteiger charge is 2.25. The van der Waals surface area contributed by atoms with Crippen LogP contribution in [0.2, 0.25) is 0 Å². The van der Waals surface area contributed by atoms with Crippen molar-refractivity contribution in [3.63, 3.8) is 0 Å². The molecule has 20 heavy (non-hydrogen) atoms. The van der Waals surface area contributed by atoms with Crippen LogP contribution < -0.4 is 0 Å². The molecule has 0 radical (unpaired) electrons. The summed E-state index contributed by atoms with van der Waals surface area (Å²) in [5.41, 5.74) is 0.284. The van der Waals surface area contributed by atoms with Gasteiger partial charge in [0.2, 0.25) is 0 Å². The highest BCUT2D eigenvalue weighted by molar-refractivity contribution is 5.86. The molecule has 110 valence electrons. The average molecular weight is 282 g/mol. The highest BCUT2D eigenvalue weighted by Crippen LogP contribution is 2.23. The van der Waals surface area contributed by atoms with Gasteiger partial charge < -0.3 is 14.6 Å². The summed E-state index contributed by atoms with van der Waals surface area (Å²) in [6, 6.07) is 0. The first-order valence-electron chi connectivity index (χ1n) is 6.32. The summed E-state index contributed by atoms with van der Waals surface area (Å²) in [4.78, 5) is 33.5. The van der Waals surface area contributed by atoms with E-state index in [2.05, 4.69) is 6.58 Å². The zero-order valence-electron chi connectivity index (χ0n) is 11.3. The number of ether oxygens (including phenoxy) is 2. The van der Waals surface area contributed by atoms with E-state index in [0.29, 0.717) is 12.8 Å². The monoisotopic (exact) mass is 282 g/mol. The maximum Gasteiger partial charge on any atom is 0.333 e. The van der Waals surface area contributed by atoms with Gasteiger partial charge in [0.25, 0.3) is 0 Å². The Bertz CT molecular complexity index is 437. The molecule has 1 N–H and O–H groups in total. The van der Waals surface area contributed by atoms with Gasteiger partial charge in [0, 0.05) is 5.57 Å². The van der Waals surface area contributed by atoms with Gasteiger partial charge in [-0.1, -0.05) is 18.7 Å². The molecule has 0 amide bonds. The maximum absolute atomic E-state index is 11.7. The summed E-state index contributed by atoms with van der Waals surface area (Å²) in [6.45, 7) is 4.91. The summed E-state index contributed by atoms with van der Waals surface area (Å²) in [5.74, 6) is -2.81. The fourth-order valence-electron chi connectivity index (χ4n) is 1.73. The predicted octanol–water partition coefficient (Wildman–Crippen LogP) is 1.32. The minimum atomic E-state index is -0.889. The maximum atomic E-state index is 11.7. The van der Waals surface area contributed by atoms with Gasteiger partial charge in [-0.05, 0) is 19.8 Å². The molecule has 0 saturated carbocycles. The van der Waals surface area contributed by atoms with E-state index in [1.54, 1.807) is 6.08 Å². The van der Waals surface area contributed by atoms with Crippen molar-refractivity contribution in [1.82, 2.24) is 0 Å². The van der Waals surface area contributed by atoms with E-state index in [1.807, 2.05) is 0 Å². The standard InChI is InChI=1S/C14H18O6/c1-9(2)13(17)19-7-8-20-14(18)11-5-3-10(4-6-11)12(15)16/h3,5,10-11H,1,4,6-8H2,2H3,(H,15,16). The molecule has 0 heterocycles. The Morgan fingerprint density at radius 2 is 1.70 bits per heavy atom. The summed E-state index contributed by atoms with van der Waals surface area (Å²) in [6.07, 6.45) is 3.93. The molecular formula is C14H18O6. The third kappa shape index (κ3) is 4.87. The first kappa shape index (κ1) is 15.9. The number of carbonyl (C=O) groups is 3. The molecule has 1 aliphatic rings. The molecule has 0 aromatic rings. The molecule has 6 nitrogen and oxygen atoms in total. The van der Waals surface area contributed by atoms with Gasteiger partial charge in [-0.15, -0.1) is 0 Å². The molecule has 0 bridgehead atoms. The zero-order valence-corrected chi connectivity index (χ0v) is 11.3. The second-order valence-corrected chi connectivity index (χ2v) is 4.60. The van der Waals surface area contributed by atoms with Gasteiger partial charge in [0.15, 0.2) is 0 Å². The molecule has 0 spiro atoms. The number of hydrogen-bond acceptors (Lipinski definition) is 5. The van der Waals surface area contributed by atoms with Crippen molar-refractivity contribution in [2.45, 2.75) is 19.8 Å². The molecule has 0 aromatic heterocycles. The second-order valence-electron chi connectivity index (χ2n) is 4.60. The number of esters is 2. The molecule has 0 fully saturated rings. The summed E-state index contributed by atoms with van der Waals surface area (Å²) >= 11 is 0. The van der Waals surface area contributed by atoms with Crippen LogP contribution in [0.25, 0.3) is 0 Å². The fraction of sp³-hybridized carbons (Fsp3) is 0.500. The fourth-order valence-corrected chi connectivity index (χ4v) is 1.73. The van der Waals surface area contributed by atoms with Crippen molar-refractivity contribution in [3.05, 3.63) is 24.3 Å². The molecule has 1 aliphatic carbocycles. The quantitative estimate of drug-likeness (QED) is 0.342. The first-order chi connectivity index (χ1) is 9.41. The average Bonchev–Trinajstić information content (AvgIpc) is 2.43. The number of hydrogen-bond donors (Lipinski definition) is 1. The largest absolute Gasteiger partial charge is 0.481 e. The molecule has 2 unspecified atom stereocenters. The van der Waals surface area contributed by atoms with Crippen molar-refractivity contribution < 1.29 is 29.0 Å². The molecule has 2 atom stereocenters. The lowest BCUT2D eigenvalue weighted by atomic mass is 9.89. The number of aliphatic carboxylic acids is 1. The topological polar surface area (TPSA) is 89.9 Å². The second kappa shape index (κ2) is 7.47. The third-order valence-electron chi connectivity index (χ3n) is 2.89. The zero-order chi connectivity index (χ0) is 15.1. The van der Waals surface area contributed by atoms with Crippen LogP contribution in [0.5, 0.6) is 0 Å². The Kier molecular flexibility index (Phi) is 5.96. The first-order valence-corrected chi connectivity index (χ1v) is 6.32. The minimum Gasteiger partial charge on any atom is -0.481 e. The molecule has 1 rings (SSSR count). The number of rotatable bonds is 6. The summed E-state index contributed by atoms with van der Waals surface area (Å²) in [5, 5.41) is 8.81. The van der Waals surface area contributed by atoms with Gasteiger partial charge in [-0.25, -0.2) is 4.79 Å². The van der Waals surface area contributed by atoms with Crippen LogP contribution >= 0.6 is 0 Å². The Morgan fingerprint density at radius 1 is 1.15 bits per heavy atom. The Labute approximate surface area is 117 Å². The lowest BCUT2D eigenvalue weighted by Crippen LogP contribution is -2.24. The van der Waals surface area contributed by atoms with Crippen molar-refractivity contribution >= 4 is 17.9 Å². The van der Waals surface area contributed by atoms with Crippen LogP contribution in [0.3, 0.4) is 0 Å². The van der Waals surface area contributed by atoms with E-state index in [1.165, 1.54) is 13.0 Å². The van der Waals surface area contributed by atoms with E-state index in [9.17, 15) is 14.4 Å². The van der Waals surface area contributed by atoms with Crippen LogP contribution in [0, 0.1) is 11.8 Å². The van der Waals surface area contributed by atoms with Crippen LogP contribution in [0.1, 0.15) is 19.8 Å². The van der Waals surface area contributed by atoms with Gasteiger partial charge >= 0.3 is 17.9 Å². The van der Waals surface area contributed by atoms with Gasteiger partial charge in [-0.2, -0.15) is 0 Å². The van der Waals surface area contributed by atoms with Crippen molar-refractivity contribution in [1.29, 1.82) is 0 Å². The Morgan fingerprint density at radius 3 is 2.20 bits per heavy atom. The number of carboxylic acids is 1. The van der Waals surface area contributed by atoms with Crippen LogP contribution in [-0.4, -0.2) is 36.2 Å². The van der Waals surface area contributed by atoms with Crippen molar-refractivity contribution in [2.75, 3.05) is 13.2 Å². The molecule has 0 saturated heterocycles. The predicted molar refractivity (Wildman–Crippen MR) is 69.7 cm³/mol. The van der Waals surface area contributed by atoms with Crippen LogP contribution in [0.15, 0.2) is 24.3 Å². The summed E-state index contributed by atoms with van der Waals surface area (Å²) in [7, 11) is 0. The van der Waals surface area contributed by atoms with Gasteiger partial charge in [0.1, 0.15) is 13.2 Å². The third-order valence-corrected chi connectivity index (χ3v) is 2.89. The van der Waals surface area contributed by atoms with E-state index in [-0.39, 0.29) is 18.8 Å². The van der Waals surface area contributed by atoms with Gasteiger partial charge in [0.05, 0.1) is 11.8 Å².